The molecule has 0 bridgehead atoms. The minimum atomic E-state index is -0.489. The molecule has 0 heterocycles. The minimum absolute atomic E-state index is 0.0124. The highest BCUT2D eigenvalue weighted by Crippen LogP contribution is 2.26. The van der Waals surface area contributed by atoms with Crippen LogP contribution in [0.25, 0.3) is 0 Å². The summed E-state index contributed by atoms with van der Waals surface area (Å²) in [7, 11) is 1.51. The Bertz CT molecular complexity index is 353. The predicted molar refractivity (Wildman–Crippen MR) is 79.5 cm³/mol. The normalized spacial score (nSPS) is 22.5. The number of alkyl carbamates (subject to hydrolysis) is 1. The number of ether oxygens (including phenoxy) is 1. The Hall–Kier alpha value is -1.30. The molecule has 0 radical (unpaired) electrons. The monoisotopic (exact) mass is 300 g/mol. The SMILES string of the molecule is CCN(OC)C(=O)C1CCC(NC(=O)OC(C)(C)C)CC1. The van der Waals surface area contributed by atoms with E-state index in [2.05, 4.69) is 5.32 Å². The Morgan fingerprint density at radius 2 is 1.76 bits per heavy atom. The molecular formula is C15H28N2O4. The number of carbonyl (C=O) groups is 2. The van der Waals surface area contributed by atoms with Crippen molar-refractivity contribution in [3.05, 3.63) is 0 Å². The van der Waals surface area contributed by atoms with Crippen LogP contribution in [0.2, 0.25) is 0 Å². The van der Waals surface area contributed by atoms with E-state index in [0.29, 0.717) is 6.54 Å². The molecule has 21 heavy (non-hydrogen) atoms. The molecule has 1 fully saturated rings. The van der Waals surface area contributed by atoms with Gasteiger partial charge in [-0.2, -0.15) is 0 Å². The number of hydrogen-bond acceptors (Lipinski definition) is 4. The predicted octanol–water partition coefficient (Wildman–Crippen LogP) is 2.48. The van der Waals surface area contributed by atoms with E-state index < -0.39 is 5.60 Å². The number of rotatable bonds is 4. The zero-order valence-electron chi connectivity index (χ0n) is 13.8. The molecule has 6 nitrogen and oxygen atoms in total. The molecule has 0 saturated heterocycles. The van der Waals surface area contributed by atoms with Crippen molar-refractivity contribution in [2.24, 2.45) is 5.92 Å². The maximum atomic E-state index is 12.2. The fourth-order valence-electron chi connectivity index (χ4n) is 2.54. The molecule has 0 aromatic carbocycles. The average Bonchev–Trinajstić information content (AvgIpc) is 2.38. The van der Waals surface area contributed by atoms with Crippen molar-refractivity contribution in [1.29, 1.82) is 0 Å². The number of hydrogen-bond donors (Lipinski definition) is 1. The van der Waals surface area contributed by atoms with Crippen molar-refractivity contribution >= 4 is 12.0 Å². The summed E-state index contributed by atoms with van der Waals surface area (Å²) in [6.45, 7) is 7.95. The highest BCUT2D eigenvalue weighted by atomic mass is 16.7. The van der Waals surface area contributed by atoms with Crippen molar-refractivity contribution in [3.63, 3.8) is 0 Å². The highest BCUT2D eigenvalue weighted by molar-refractivity contribution is 5.78. The van der Waals surface area contributed by atoms with Crippen LogP contribution in [-0.2, 0) is 14.4 Å². The maximum Gasteiger partial charge on any atom is 0.407 e. The number of nitrogens with one attached hydrogen (secondary N) is 1. The van der Waals surface area contributed by atoms with Crippen LogP contribution in [0.3, 0.4) is 0 Å². The van der Waals surface area contributed by atoms with E-state index in [1.54, 1.807) is 0 Å². The quantitative estimate of drug-likeness (QED) is 0.810. The van der Waals surface area contributed by atoms with Crippen LogP contribution in [-0.4, -0.2) is 42.4 Å². The molecule has 0 aliphatic heterocycles. The van der Waals surface area contributed by atoms with Gasteiger partial charge in [-0.1, -0.05) is 0 Å². The second-order valence-electron chi connectivity index (χ2n) is 6.41. The summed E-state index contributed by atoms with van der Waals surface area (Å²) in [5, 5.41) is 4.27. The lowest BCUT2D eigenvalue weighted by Gasteiger charge is -2.31. The van der Waals surface area contributed by atoms with Gasteiger partial charge in [-0.3, -0.25) is 9.63 Å². The number of hydroxylamine groups is 2. The molecule has 6 heteroatoms. The first kappa shape index (κ1) is 17.8. The molecule has 122 valence electrons. The Kier molecular flexibility index (Phi) is 6.45. The molecule has 1 aliphatic carbocycles. The summed E-state index contributed by atoms with van der Waals surface area (Å²) in [6.07, 6.45) is 2.72. The molecule has 1 N–H and O–H groups in total. The third kappa shape index (κ3) is 5.91. The van der Waals surface area contributed by atoms with Crippen molar-refractivity contribution in [1.82, 2.24) is 10.4 Å². The van der Waals surface area contributed by atoms with Gasteiger partial charge in [-0.05, 0) is 53.4 Å². The van der Waals surface area contributed by atoms with Gasteiger partial charge < -0.3 is 10.1 Å². The van der Waals surface area contributed by atoms with E-state index in [9.17, 15) is 9.59 Å². The van der Waals surface area contributed by atoms with Gasteiger partial charge in [0, 0.05) is 18.5 Å². The molecule has 1 aliphatic rings. The molecule has 2 amide bonds. The second kappa shape index (κ2) is 7.64. The third-order valence-corrected chi connectivity index (χ3v) is 3.55. The van der Waals surface area contributed by atoms with Crippen LogP contribution in [0.1, 0.15) is 53.4 Å². The van der Waals surface area contributed by atoms with Crippen LogP contribution in [0.4, 0.5) is 4.79 Å². The smallest absolute Gasteiger partial charge is 0.407 e. The van der Waals surface area contributed by atoms with E-state index in [1.165, 1.54) is 12.2 Å². The van der Waals surface area contributed by atoms with Crippen molar-refractivity contribution < 1.29 is 19.2 Å². The lowest BCUT2D eigenvalue weighted by molar-refractivity contribution is -0.180. The summed E-state index contributed by atoms with van der Waals surface area (Å²) >= 11 is 0. The van der Waals surface area contributed by atoms with Crippen LogP contribution >= 0.6 is 0 Å². The largest absolute Gasteiger partial charge is 0.444 e. The lowest BCUT2D eigenvalue weighted by atomic mass is 9.85. The topological polar surface area (TPSA) is 67.9 Å². The van der Waals surface area contributed by atoms with Crippen molar-refractivity contribution in [2.45, 2.75) is 65.0 Å². The summed E-state index contributed by atoms with van der Waals surface area (Å²) in [6, 6.07) is 0.0847. The van der Waals surface area contributed by atoms with Crippen LogP contribution in [0.15, 0.2) is 0 Å². The van der Waals surface area contributed by atoms with Crippen molar-refractivity contribution in [2.75, 3.05) is 13.7 Å². The first-order valence-electron chi connectivity index (χ1n) is 7.61. The van der Waals surface area contributed by atoms with Crippen LogP contribution < -0.4 is 5.32 Å². The summed E-state index contributed by atoms with van der Waals surface area (Å²) in [4.78, 5) is 28.9. The number of amides is 2. The Morgan fingerprint density at radius 1 is 1.19 bits per heavy atom. The Labute approximate surface area is 127 Å². The minimum Gasteiger partial charge on any atom is -0.444 e. The number of carbonyl (C=O) groups excluding carboxylic acids is 2. The van der Waals surface area contributed by atoms with E-state index in [-0.39, 0.29) is 24.0 Å². The van der Waals surface area contributed by atoms with E-state index in [4.69, 9.17) is 9.57 Å². The summed E-state index contributed by atoms with van der Waals surface area (Å²) in [5.74, 6) is 0.0253. The van der Waals surface area contributed by atoms with E-state index >= 15 is 0 Å². The number of nitrogens with zero attached hydrogens (tertiary/aromatic N) is 1. The van der Waals surface area contributed by atoms with Gasteiger partial charge >= 0.3 is 6.09 Å². The molecule has 0 aromatic rings. The van der Waals surface area contributed by atoms with E-state index in [1.807, 2.05) is 27.7 Å². The zero-order chi connectivity index (χ0) is 16.0. The average molecular weight is 300 g/mol. The molecule has 1 saturated carbocycles. The van der Waals surface area contributed by atoms with Gasteiger partial charge in [0.15, 0.2) is 0 Å². The van der Waals surface area contributed by atoms with Gasteiger partial charge in [-0.15, -0.1) is 0 Å². The Morgan fingerprint density at radius 3 is 2.19 bits per heavy atom. The Balaban J connectivity index is 2.39. The second-order valence-corrected chi connectivity index (χ2v) is 6.41. The lowest BCUT2D eigenvalue weighted by Crippen LogP contribution is -2.43. The first-order chi connectivity index (χ1) is 9.76. The van der Waals surface area contributed by atoms with Gasteiger partial charge in [0.25, 0.3) is 0 Å². The zero-order valence-corrected chi connectivity index (χ0v) is 13.8. The molecular weight excluding hydrogens is 272 g/mol. The molecule has 1 rings (SSSR count). The third-order valence-electron chi connectivity index (χ3n) is 3.55. The molecule has 0 atom stereocenters. The summed E-state index contributed by atoms with van der Waals surface area (Å²) in [5.41, 5.74) is -0.489. The fraction of sp³-hybridized carbons (Fsp3) is 0.867. The van der Waals surface area contributed by atoms with Crippen LogP contribution in [0.5, 0.6) is 0 Å². The molecule has 0 spiro atoms. The van der Waals surface area contributed by atoms with Gasteiger partial charge in [0.05, 0.1) is 7.11 Å². The van der Waals surface area contributed by atoms with Gasteiger partial charge in [0.2, 0.25) is 5.91 Å². The molecule has 0 aromatic heterocycles. The molecule has 0 unspecified atom stereocenters. The first-order valence-corrected chi connectivity index (χ1v) is 7.61. The standard InChI is InChI=1S/C15H28N2O4/c1-6-17(20-5)13(18)11-7-9-12(10-8-11)16-14(19)21-15(2,3)4/h11-12H,6-10H2,1-5H3,(H,16,19). The van der Waals surface area contributed by atoms with Crippen molar-refractivity contribution in [3.8, 4) is 0 Å². The maximum absolute atomic E-state index is 12.2. The summed E-state index contributed by atoms with van der Waals surface area (Å²) < 4.78 is 5.24. The highest BCUT2D eigenvalue weighted by Gasteiger charge is 2.30. The van der Waals surface area contributed by atoms with Gasteiger partial charge in [0.1, 0.15) is 5.60 Å². The van der Waals surface area contributed by atoms with E-state index in [0.717, 1.165) is 25.7 Å². The van der Waals surface area contributed by atoms with Crippen LogP contribution in [0, 0.1) is 5.92 Å². The fourth-order valence-corrected chi connectivity index (χ4v) is 2.54. The van der Waals surface area contributed by atoms with Gasteiger partial charge in [-0.25, -0.2) is 9.86 Å².